The Morgan fingerprint density at radius 2 is 2.30 bits per heavy atom. The van der Waals surface area contributed by atoms with Crippen LogP contribution in [-0.4, -0.2) is 37.1 Å². The molecule has 1 aliphatic rings. The Kier molecular flexibility index (Phi) is 5.26. The molecule has 1 aromatic rings. The summed E-state index contributed by atoms with van der Waals surface area (Å²) in [6.07, 6.45) is 3.60. The van der Waals surface area contributed by atoms with Crippen molar-refractivity contribution in [2.45, 2.75) is 32.2 Å². The number of amides is 2. The zero-order chi connectivity index (χ0) is 14.5. The van der Waals surface area contributed by atoms with Crippen molar-refractivity contribution in [3.8, 4) is 0 Å². The second kappa shape index (κ2) is 6.95. The molecule has 1 fully saturated rings. The number of hydrogen-bond donors (Lipinski definition) is 2. The van der Waals surface area contributed by atoms with Gasteiger partial charge in [-0.15, -0.1) is 0 Å². The maximum Gasteiger partial charge on any atom is 0.321 e. The number of benzene rings is 1. The van der Waals surface area contributed by atoms with Crippen molar-refractivity contribution in [3.63, 3.8) is 0 Å². The highest BCUT2D eigenvalue weighted by Crippen LogP contribution is 2.20. The first-order valence-corrected chi connectivity index (χ1v) is 7.45. The second-order valence-corrected chi connectivity index (χ2v) is 5.83. The van der Waals surface area contributed by atoms with E-state index in [0.29, 0.717) is 11.1 Å². The van der Waals surface area contributed by atoms with Crippen LogP contribution in [0.4, 0.5) is 10.5 Å². The lowest BCUT2D eigenvalue weighted by Gasteiger charge is -2.28. The summed E-state index contributed by atoms with van der Waals surface area (Å²) in [6.45, 7) is 3.72. The predicted octanol–water partition coefficient (Wildman–Crippen LogP) is 3.25. The summed E-state index contributed by atoms with van der Waals surface area (Å²) in [5.74, 6) is 0. The van der Waals surface area contributed by atoms with E-state index in [1.54, 1.807) is 11.0 Å². The minimum Gasteiger partial charge on any atom is -0.326 e. The van der Waals surface area contributed by atoms with Crippen LogP contribution in [-0.2, 0) is 0 Å². The summed E-state index contributed by atoms with van der Waals surface area (Å²) in [4.78, 5) is 13.8. The van der Waals surface area contributed by atoms with Crippen LogP contribution in [0.3, 0.4) is 0 Å². The lowest BCUT2D eigenvalue weighted by molar-refractivity contribution is 0.212. The molecule has 0 spiro atoms. The van der Waals surface area contributed by atoms with Gasteiger partial charge in [-0.3, -0.25) is 0 Å². The van der Waals surface area contributed by atoms with E-state index in [9.17, 15) is 4.79 Å². The van der Waals surface area contributed by atoms with Crippen molar-refractivity contribution in [2.75, 3.05) is 25.5 Å². The van der Waals surface area contributed by atoms with E-state index < -0.39 is 0 Å². The van der Waals surface area contributed by atoms with Gasteiger partial charge in [0.25, 0.3) is 0 Å². The molecule has 1 aromatic carbocycles. The van der Waals surface area contributed by atoms with Crippen LogP contribution in [0.15, 0.2) is 18.2 Å². The van der Waals surface area contributed by atoms with E-state index >= 15 is 0 Å². The Morgan fingerprint density at radius 3 is 2.95 bits per heavy atom. The van der Waals surface area contributed by atoms with Crippen molar-refractivity contribution in [2.24, 2.45) is 0 Å². The molecule has 1 unspecified atom stereocenters. The van der Waals surface area contributed by atoms with Gasteiger partial charge in [-0.05, 0) is 44.0 Å². The molecule has 110 valence electrons. The quantitative estimate of drug-likeness (QED) is 0.899. The van der Waals surface area contributed by atoms with E-state index in [4.69, 9.17) is 11.6 Å². The van der Waals surface area contributed by atoms with Gasteiger partial charge in [0.1, 0.15) is 0 Å². The number of carbonyl (C=O) groups excluding carboxylic acids is 1. The first-order valence-electron chi connectivity index (χ1n) is 7.08. The van der Waals surface area contributed by atoms with E-state index in [1.807, 2.05) is 26.1 Å². The molecule has 1 aliphatic heterocycles. The van der Waals surface area contributed by atoms with Crippen molar-refractivity contribution in [1.29, 1.82) is 0 Å². The number of carbonyl (C=O) groups is 1. The summed E-state index contributed by atoms with van der Waals surface area (Å²) >= 11 is 6.06. The number of hydrogen-bond acceptors (Lipinski definition) is 2. The molecule has 5 heteroatoms. The number of likely N-dealkylation sites (N-methyl/N-ethyl adjacent to an activating group) is 1. The zero-order valence-corrected chi connectivity index (χ0v) is 12.8. The smallest absolute Gasteiger partial charge is 0.321 e. The third-order valence-corrected chi connectivity index (χ3v) is 4.08. The molecule has 2 N–H and O–H groups in total. The van der Waals surface area contributed by atoms with E-state index in [2.05, 4.69) is 10.6 Å². The summed E-state index contributed by atoms with van der Waals surface area (Å²) in [6, 6.07) is 5.85. The Labute approximate surface area is 125 Å². The average Bonchev–Trinajstić information content (AvgIpc) is 2.44. The van der Waals surface area contributed by atoms with Crippen LogP contribution in [0.25, 0.3) is 0 Å². The molecule has 2 amide bonds. The van der Waals surface area contributed by atoms with Gasteiger partial charge in [-0.2, -0.15) is 0 Å². The van der Waals surface area contributed by atoms with E-state index in [-0.39, 0.29) is 6.03 Å². The van der Waals surface area contributed by atoms with Gasteiger partial charge in [0.05, 0.1) is 0 Å². The highest BCUT2D eigenvalue weighted by Gasteiger charge is 2.17. The first kappa shape index (κ1) is 15.1. The Bertz CT molecular complexity index is 472. The van der Waals surface area contributed by atoms with Crippen molar-refractivity contribution in [1.82, 2.24) is 10.2 Å². The summed E-state index contributed by atoms with van der Waals surface area (Å²) in [7, 11) is 1.82. The Hall–Kier alpha value is -1.26. The highest BCUT2D eigenvalue weighted by molar-refractivity contribution is 6.31. The number of urea groups is 1. The third-order valence-electron chi connectivity index (χ3n) is 3.68. The molecule has 2 rings (SSSR count). The molecule has 1 heterocycles. The fraction of sp³-hybridized carbons (Fsp3) is 0.533. The van der Waals surface area contributed by atoms with Crippen LogP contribution in [0.5, 0.6) is 0 Å². The molecule has 0 radical (unpaired) electrons. The van der Waals surface area contributed by atoms with Crippen LogP contribution < -0.4 is 10.6 Å². The van der Waals surface area contributed by atoms with Crippen molar-refractivity contribution >= 4 is 23.3 Å². The van der Waals surface area contributed by atoms with Gasteiger partial charge < -0.3 is 15.5 Å². The molecule has 1 atom stereocenters. The summed E-state index contributed by atoms with van der Waals surface area (Å²) in [5, 5.41) is 6.98. The topological polar surface area (TPSA) is 44.4 Å². The number of rotatable bonds is 3. The van der Waals surface area contributed by atoms with Crippen LogP contribution in [0.1, 0.15) is 24.8 Å². The minimum atomic E-state index is -0.0997. The maximum atomic E-state index is 12.1. The lowest BCUT2D eigenvalue weighted by Crippen LogP contribution is -2.45. The number of anilines is 1. The minimum absolute atomic E-state index is 0.0997. The predicted molar refractivity (Wildman–Crippen MR) is 83.5 cm³/mol. The molecule has 4 nitrogen and oxygen atoms in total. The van der Waals surface area contributed by atoms with Crippen LogP contribution in [0.2, 0.25) is 5.02 Å². The number of nitrogens with one attached hydrogen (secondary N) is 2. The second-order valence-electron chi connectivity index (χ2n) is 5.42. The summed E-state index contributed by atoms with van der Waals surface area (Å²) < 4.78 is 0. The summed E-state index contributed by atoms with van der Waals surface area (Å²) in [5.41, 5.74) is 1.73. The SMILES string of the molecule is Cc1ccc(NC(=O)N(C)CC2CCCCN2)cc1Cl. The molecule has 1 saturated heterocycles. The van der Waals surface area contributed by atoms with Gasteiger partial charge in [0.2, 0.25) is 0 Å². The molecule has 0 bridgehead atoms. The average molecular weight is 296 g/mol. The molecular weight excluding hydrogens is 274 g/mol. The van der Waals surface area contributed by atoms with Gasteiger partial charge in [-0.25, -0.2) is 4.79 Å². The van der Waals surface area contributed by atoms with E-state index in [1.165, 1.54) is 12.8 Å². The number of nitrogens with zero attached hydrogens (tertiary/aromatic N) is 1. The largest absolute Gasteiger partial charge is 0.326 e. The maximum absolute atomic E-state index is 12.1. The van der Waals surface area contributed by atoms with Gasteiger partial charge in [0.15, 0.2) is 0 Å². The standard InChI is InChI=1S/C15H22ClN3O/c1-11-6-7-12(9-14(11)16)18-15(20)19(2)10-13-5-3-4-8-17-13/h6-7,9,13,17H,3-5,8,10H2,1-2H3,(H,18,20). The molecule has 0 saturated carbocycles. The molecule has 20 heavy (non-hydrogen) atoms. The monoisotopic (exact) mass is 295 g/mol. The van der Waals surface area contributed by atoms with Gasteiger partial charge in [-0.1, -0.05) is 24.1 Å². The molecule has 0 aliphatic carbocycles. The Balaban J connectivity index is 1.88. The van der Waals surface area contributed by atoms with Crippen LogP contribution >= 0.6 is 11.6 Å². The number of halogens is 1. The van der Waals surface area contributed by atoms with Crippen LogP contribution in [0, 0.1) is 6.92 Å². The third kappa shape index (κ3) is 4.12. The highest BCUT2D eigenvalue weighted by atomic mass is 35.5. The fourth-order valence-corrected chi connectivity index (χ4v) is 2.56. The number of piperidine rings is 1. The normalized spacial score (nSPS) is 18.6. The van der Waals surface area contributed by atoms with Crippen molar-refractivity contribution < 1.29 is 4.79 Å². The molecular formula is C15H22ClN3O. The van der Waals surface area contributed by atoms with Gasteiger partial charge >= 0.3 is 6.03 Å². The number of aryl methyl sites for hydroxylation is 1. The first-order chi connectivity index (χ1) is 9.56. The van der Waals surface area contributed by atoms with E-state index in [0.717, 1.165) is 30.8 Å². The molecule has 0 aromatic heterocycles. The Morgan fingerprint density at radius 1 is 1.50 bits per heavy atom. The van der Waals surface area contributed by atoms with Crippen molar-refractivity contribution in [3.05, 3.63) is 28.8 Å². The zero-order valence-electron chi connectivity index (χ0n) is 12.1. The fourth-order valence-electron chi connectivity index (χ4n) is 2.38. The lowest BCUT2D eigenvalue weighted by atomic mass is 10.0. The van der Waals surface area contributed by atoms with Gasteiger partial charge in [0, 0.05) is 30.3 Å².